The van der Waals surface area contributed by atoms with Crippen LogP contribution in [0.2, 0.25) is 0 Å². The number of primary amides is 1. The lowest BCUT2D eigenvalue weighted by Gasteiger charge is -2.50. The van der Waals surface area contributed by atoms with E-state index in [-0.39, 0.29) is 29.7 Å². The van der Waals surface area contributed by atoms with E-state index in [9.17, 15) is 44.9 Å². The second kappa shape index (κ2) is 8.75. The number of aliphatic hydroxyl groups excluding tert-OH is 2. The Hall–Kier alpha value is -4.55. The average molecular weight is 536 g/mol. The van der Waals surface area contributed by atoms with Crippen LogP contribution in [0.1, 0.15) is 22.3 Å². The second-order valence-electron chi connectivity index (χ2n) is 10.3. The van der Waals surface area contributed by atoms with Crippen LogP contribution in [-0.2, 0) is 16.0 Å². The van der Waals surface area contributed by atoms with E-state index in [1.807, 2.05) is 0 Å². The molecule has 202 valence electrons. The normalized spacial score (nSPS) is 26.3. The molecule has 0 saturated heterocycles. The quantitative estimate of drug-likeness (QED) is 0.218. The molecule has 0 bridgehead atoms. The van der Waals surface area contributed by atoms with Gasteiger partial charge in [-0.15, -0.1) is 0 Å². The molecular weight excluding hydrogens is 510 g/mol. The number of nitrogens with zero attached hydrogens (tertiary/aromatic N) is 2. The third-order valence-electron chi connectivity index (χ3n) is 7.97. The van der Waals surface area contributed by atoms with Gasteiger partial charge in [-0.25, -0.2) is 0 Å². The minimum Gasteiger partial charge on any atom is -0.510 e. The van der Waals surface area contributed by atoms with Crippen LogP contribution in [0, 0.1) is 22.0 Å². The monoisotopic (exact) mass is 535 g/mol. The summed E-state index contributed by atoms with van der Waals surface area (Å²) < 4.78 is 0. The summed E-state index contributed by atoms with van der Waals surface area (Å²) in [5.74, 6) is -7.36. The molecule has 0 heterocycles. The van der Waals surface area contributed by atoms with E-state index in [2.05, 4.69) is 0 Å². The zero-order valence-electron chi connectivity index (χ0n) is 20.9. The van der Waals surface area contributed by atoms with Gasteiger partial charge in [-0.1, -0.05) is 18.2 Å². The molecule has 0 saturated carbocycles. The Balaban J connectivity index is 1.72. The van der Waals surface area contributed by atoms with Crippen molar-refractivity contribution in [2.75, 3.05) is 14.1 Å². The first-order valence-electron chi connectivity index (χ1n) is 12.0. The minimum atomic E-state index is -2.72. The van der Waals surface area contributed by atoms with E-state index in [1.54, 1.807) is 20.2 Å². The van der Waals surface area contributed by atoms with Gasteiger partial charge in [0.2, 0.25) is 5.78 Å². The van der Waals surface area contributed by atoms with Crippen molar-refractivity contribution in [3.05, 3.63) is 80.3 Å². The molecule has 3 aliphatic carbocycles. The molecule has 12 nitrogen and oxygen atoms in total. The number of carbonyl (C=O) groups excluding carboxylic acids is 3. The topological polar surface area (TPSA) is 205 Å². The number of likely N-dealkylation sites (N-methyl/N-ethyl adjacent to an activating group) is 1. The molecule has 2 aromatic rings. The predicted molar refractivity (Wildman–Crippen MR) is 136 cm³/mol. The van der Waals surface area contributed by atoms with Gasteiger partial charge in [-0.05, 0) is 55.6 Å². The number of fused-ring (bicyclic) bond motifs is 3. The molecule has 0 aromatic heterocycles. The summed E-state index contributed by atoms with van der Waals surface area (Å²) in [6.07, 6.45) is 0.0107. The fourth-order valence-corrected chi connectivity index (χ4v) is 6.31. The van der Waals surface area contributed by atoms with E-state index < -0.39 is 68.7 Å². The molecule has 0 spiro atoms. The first-order valence-corrected chi connectivity index (χ1v) is 12.0. The number of ketones is 2. The number of rotatable bonds is 4. The highest BCUT2D eigenvalue weighted by molar-refractivity contribution is 6.24. The van der Waals surface area contributed by atoms with Gasteiger partial charge in [-0.2, -0.15) is 0 Å². The third-order valence-corrected chi connectivity index (χ3v) is 7.97. The predicted octanol–water partition coefficient (Wildman–Crippen LogP) is 1.70. The molecule has 0 fully saturated rings. The molecule has 0 radical (unpaired) electrons. The summed E-state index contributed by atoms with van der Waals surface area (Å²) >= 11 is 0. The molecule has 6 N–H and O–H groups in total. The lowest BCUT2D eigenvalue weighted by molar-refractivity contribution is -0.384. The number of amides is 1. The molecule has 12 heteroatoms. The zero-order valence-corrected chi connectivity index (χ0v) is 20.9. The third kappa shape index (κ3) is 3.56. The van der Waals surface area contributed by atoms with Gasteiger partial charge in [0.1, 0.15) is 22.8 Å². The van der Waals surface area contributed by atoms with Gasteiger partial charge in [0, 0.05) is 23.6 Å². The Kier molecular flexibility index (Phi) is 5.85. The Labute approximate surface area is 221 Å². The number of aliphatic hydroxyl groups is 3. The van der Waals surface area contributed by atoms with Crippen LogP contribution in [-0.4, -0.2) is 73.5 Å². The Morgan fingerprint density at radius 1 is 1.15 bits per heavy atom. The number of phenolic OH excluding ortho intramolecular Hbond substituents is 1. The first kappa shape index (κ1) is 26.1. The molecule has 1 amide bonds. The van der Waals surface area contributed by atoms with Crippen LogP contribution in [0.25, 0.3) is 11.1 Å². The molecule has 4 atom stereocenters. The molecule has 0 unspecified atom stereocenters. The van der Waals surface area contributed by atoms with E-state index >= 15 is 0 Å². The first-order chi connectivity index (χ1) is 18.3. The van der Waals surface area contributed by atoms with E-state index in [4.69, 9.17) is 5.73 Å². The van der Waals surface area contributed by atoms with Crippen molar-refractivity contribution in [1.29, 1.82) is 0 Å². The number of allylic oxidation sites excluding steroid dienone is 1. The maximum absolute atomic E-state index is 13.8. The summed E-state index contributed by atoms with van der Waals surface area (Å²) in [7, 11) is 3.09. The van der Waals surface area contributed by atoms with Crippen molar-refractivity contribution in [2.45, 2.75) is 24.5 Å². The van der Waals surface area contributed by atoms with E-state index in [1.165, 1.54) is 35.2 Å². The Morgan fingerprint density at radius 2 is 1.85 bits per heavy atom. The smallest absolute Gasteiger partial charge is 0.270 e. The number of non-ortho nitro benzene ring substituents is 1. The summed E-state index contributed by atoms with van der Waals surface area (Å²) in [5, 5.41) is 55.8. The van der Waals surface area contributed by atoms with Gasteiger partial charge in [0.05, 0.1) is 16.5 Å². The van der Waals surface area contributed by atoms with Crippen LogP contribution in [0.5, 0.6) is 5.75 Å². The number of nitro groups is 1. The van der Waals surface area contributed by atoms with Gasteiger partial charge < -0.3 is 26.2 Å². The molecule has 3 aliphatic rings. The number of nitro benzene ring substituents is 1. The van der Waals surface area contributed by atoms with Crippen molar-refractivity contribution < 1.29 is 39.7 Å². The van der Waals surface area contributed by atoms with Crippen LogP contribution in [0.15, 0.2) is 59.1 Å². The number of aromatic hydroxyl groups is 1. The highest BCUT2D eigenvalue weighted by Gasteiger charge is 2.63. The molecule has 0 aliphatic heterocycles. The van der Waals surface area contributed by atoms with Gasteiger partial charge >= 0.3 is 0 Å². The van der Waals surface area contributed by atoms with Gasteiger partial charge in [0.15, 0.2) is 11.4 Å². The standard InChI is InChI=1S/C27H25N3O9/c1-29(2)21-16-10-12-9-15-14(11-4-3-5-13(8-11)30(38)39)6-7-17(31)19(15)22(32)18(12)24(34)27(16,37)25(35)20(23(21)33)26(28)36/h3-8,12,16,21,31,33-34,37H,9-10H2,1-2H3,(H2,28,36)/t12-,16-,21-,27-/m0/s1. The molecule has 5 rings (SSSR count). The largest absolute Gasteiger partial charge is 0.510 e. The van der Waals surface area contributed by atoms with Crippen LogP contribution >= 0.6 is 0 Å². The SMILES string of the molecule is CN(C)[C@@H]1C(O)=C(C(N)=O)C(=O)[C@@]2(O)C(O)=C3C(=O)c4c(O)ccc(-c5cccc([N+](=O)[O-])c5)c4C[C@H]3C[C@@H]12. The Bertz CT molecular complexity index is 1560. The number of hydrogen-bond acceptors (Lipinski definition) is 10. The minimum absolute atomic E-state index is 0.0597. The lowest BCUT2D eigenvalue weighted by atomic mass is 9.58. The van der Waals surface area contributed by atoms with Crippen molar-refractivity contribution in [2.24, 2.45) is 17.6 Å². The lowest BCUT2D eigenvalue weighted by Crippen LogP contribution is -2.63. The van der Waals surface area contributed by atoms with Crippen LogP contribution in [0.4, 0.5) is 5.69 Å². The number of carbonyl (C=O) groups is 3. The summed E-state index contributed by atoms with van der Waals surface area (Å²) in [6.45, 7) is 0. The molecule has 39 heavy (non-hydrogen) atoms. The maximum Gasteiger partial charge on any atom is 0.270 e. The van der Waals surface area contributed by atoms with E-state index in [0.29, 0.717) is 16.7 Å². The fraction of sp³-hybridized carbons (Fsp3) is 0.296. The van der Waals surface area contributed by atoms with Crippen molar-refractivity contribution in [3.63, 3.8) is 0 Å². The molecular formula is C27H25N3O9. The number of phenols is 1. The second-order valence-corrected chi connectivity index (χ2v) is 10.3. The zero-order chi connectivity index (χ0) is 28.5. The maximum atomic E-state index is 13.8. The highest BCUT2D eigenvalue weighted by Crippen LogP contribution is 2.53. The highest BCUT2D eigenvalue weighted by atomic mass is 16.6. The number of benzene rings is 2. The van der Waals surface area contributed by atoms with Crippen molar-refractivity contribution >= 4 is 23.2 Å². The van der Waals surface area contributed by atoms with Crippen LogP contribution < -0.4 is 5.73 Å². The number of hydrogen-bond donors (Lipinski definition) is 5. The van der Waals surface area contributed by atoms with Crippen molar-refractivity contribution in [1.82, 2.24) is 4.90 Å². The average Bonchev–Trinajstić information content (AvgIpc) is 2.86. The summed E-state index contributed by atoms with van der Waals surface area (Å²) in [4.78, 5) is 51.5. The number of Topliss-reactive ketones (excluding diaryl/α,β-unsaturated/α-hetero) is 2. The Morgan fingerprint density at radius 3 is 2.46 bits per heavy atom. The van der Waals surface area contributed by atoms with Crippen molar-refractivity contribution in [3.8, 4) is 16.9 Å². The molecule has 2 aromatic carbocycles. The van der Waals surface area contributed by atoms with Crippen LogP contribution in [0.3, 0.4) is 0 Å². The summed E-state index contributed by atoms with van der Waals surface area (Å²) in [5.41, 5.74) is 2.40. The fourth-order valence-electron chi connectivity index (χ4n) is 6.31. The van der Waals surface area contributed by atoms with E-state index in [0.717, 1.165) is 0 Å². The summed E-state index contributed by atoms with van der Waals surface area (Å²) in [6, 6.07) is 7.48. The van der Waals surface area contributed by atoms with Gasteiger partial charge in [-0.3, -0.25) is 29.4 Å². The number of nitrogens with two attached hydrogens (primary N) is 1. The van der Waals surface area contributed by atoms with Gasteiger partial charge in [0.25, 0.3) is 11.6 Å².